The number of amides is 1. The molecule has 1 amide bonds. The number of hydrogen-bond acceptors (Lipinski definition) is 3. The van der Waals surface area contributed by atoms with Gasteiger partial charge in [0.2, 0.25) is 0 Å². The van der Waals surface area contributed by atoms with Crippen molar-refractivity contribution >= 4 is 5.91 Å². The van der Waals surface area contributed by atoms with Crippen molar-refractivity contribution in [3.63, 3.8) is 0 Å². The van der Waals surface area contributed by atoms with Crippen molar-refractivity contribution in [3.05, 3.63) is 52.9 Å². The number of hydrogen-bond donors (Lipinski definition) is 2. The summed E-state index contributed by atoms with van der Waals surface area (Å²) in [5.41, 5.74) is 2.71. The molecule has 3 heterocycles. The normalized spacial score (nSPS) is 21.3. The van der Waals surface area contributed by atoms with Crippen LogP contribution < -0.4 is 5.32 Å². The van der Waals surface area contributed by atoms with E-state index >= 15 is 0 Å². The molecule has 0 bridgehead atoms. The highest BCUT2D eigenvalue weighted by molar-refractivity contribution is 5.92. The number of nitrogens with one attached hydrogen (secondary N) is 2. The lowest BCUT2D eigenvalue weighted by molar-refractivity contribution is 0.0748. The molecule has 1 saturated heterocycles. The van der Waals surface area contributed by atoms with Gasteiger partial charge in [-0.15, -0.1) is 0 Å². The summed E-state index contributed by atoms with van der Waals surface area (Å²) in [7, 11) is 0. The van der Waals surface area contributed by atoms with Crippen LogP contribution in [0.5, 0.6) is 0 Å². The average Bonchev–Trinajstić information content (AvgIpc) is 3.10. The van der Waals surface area contributed by atoms with E-state index in [4.69, 9.17) is 0 Å². The number of halogens is 1. The van der Waals surface area contributed by atoms with E-state index in [1.807, 2.05) is 11.0 Å². The third kappa shape index (κ3) is 3.38. The maximum Gasteiger partial charge on any atom is 0.271 e. The summed E-state index contributed by atoms with van der Waals surface area (Å²) in [4.78, 5) is 22.6. The summed E-state index contributed by atoms with van der Waals surface area (Å²) in [5, 5.41) is 3.35. The summed E-state index contributed by atoms with van der Waals surface area (Å²) < 4.78 is 13.6. The van der Waals surface area contributed by atoms with Gasteiger partial charge in [0.05, 0.1) is 6.20 Å². The average molecular weight is 356 g/mol. The molecule has 26 heavy (non-hydrogen) atoms. The maximum atomic E-state index is 13.6. The monoisotopic (exact) mass is 356 g/mol. The summed E-state index contributed by atoms with van der Waals surface area (Å²) in [6.07, 6.45) is 4.51. The van der Waals surface area contributed by atoms with E-state index in [2.05, 4.69) is 22.2 Å². The fraction of sp³-hybridized carbons (Fsp3) is 0.500. The minimum Gasteiger partial charge on any atom is -0.338 e. The quantitative estimate of drug-likeness (QED) is 0.870. The molecule has 1 atom stereocenters. The fourth-order valence-corrected chi connectivity index (χ4v) is 4.13. The first-order valence-electron chi connectivity index (χ1n) is 9.45. The van der Waals surface area contributed by atoms with Gasteiger partial charge in [0, 0.05) is 19.0 Å². The summed E-state index contributed by atoms with van der Waals surface area (Å²) in [6, 6.07) is 4.96. The Balaban J connectivity index is 1.49. The molecular weight excluding hydrogens is 331 g/mol. The number of benzene rings is 1. The van der Waals surface area contributed by atoms with Gasteiger partial charge in [-0.3, -0.25) is 4.79 Å². The minimum atomic E-state index is -0.212. The molecule has 5 nitrogen and oxygen atoms in total. The van der Waals surface area contributed by atoms with Gasteiger partial charge in [0.15, 0.2) is 0 Å². The van der Waals surface area contributed by atoms with E-state index in [1.165, 1.54) is 6.07 Å². The second kappa shape index (κ2) is 7.19. The Hall–Kier alpha value is -2.21. The van der Waals surface area contributed by atoms with Gasteiger partial charge >= 0.3 is 0 Å². The molecule has 138 valence electrons. The number of carbonyl (C=O) groups excluding carboxylic acids is 1. The van der Waals surface area contributed by atoms with Gasteiger partial charge in [-0.1, -0.05) is 13.0 Å². The molecule has 2 N–H and O–H groups in total. The van der Waals surface area contributed by atoms with Gasteiger partial charge in [0.25, 0.3) is 5.91 Å². The third-order valence-corrected chi connectivity index (χ3v) is 5.62. The SMILES string of the molecule is CC1CN(C(=O)c2cnc(C3CCNCC3)[nH]2)CCc2ccc(F)cc21. The molecular formula is C20H25FN4O. The van der Waals surface area contributed by atoms with Gasteiger partial charge in [-0.2, -0.15) is 0 Å². The van der Waals surface area contributed by atoms with Gasteiger partial charge in [-0.25, -0.2) is 9.37 Å². The smallest absolute Gasteiger partial charge is 0.271 e. The molecule has 0 spiro atoms. The van der Waals surface area contributed by atoms with Crippen LogP contribution in [0.3, 0.4) is 0 Å². The number of aromatic nitrogens is 2. The zero-order chi connectivity index (χ0) is 18.1. The van der Waals surface area contributed by atoms with Crippen molar-refractivity contribution < 1.29 is 9.18 Å². The van der Waals surface area contributed by atoms with Crippen LogP contribution in [0.4, 0.5) is 4.39 Å². The number of carbonyl (C=O) groups is 1. The number of nitrogens with zero attached hydrogens (tertiary/aromatic N) is 2. The molecule has 0 aliphatic carbocycles. The zero-order valence-corrected chi connectivity index (χ0v) is 15.1. The van der Waals surface area contributed by atoms with E-state index in [-0.39, 0.29) is 17.6 Å². The molecule has 0 radical (unpaired) electrons. The van der Waals surface area contributed by atoms with E-state index in [9.17, 15) is 9.18 Å². The molecule has 2 aliphatic rings. The first-order valence-corrected chi connectivity index (χ1v) is 9.45. The number of fused-ring (bicyclic) bond motifs is 1. The highest BCUT2D eigenvalue weighted by Gasteiger charge is 2.26. The van der Waals surface area contributed by atoms with Crippen LogP contribution in [-0.4, -0.2) is 47.0 Å². The van der Waals surface area contributed by atoms with Crippen molar-refractivity contribution in [2.45, 2.75) is 38.0 Å². The molecule has 6 heteroatoms. The summed E-state index contributed by atoms with van der Waals surface area (Å²) in [5.74, 6) is 1.20. The highest BCUT2D eigenvalue weighted by Crippen LogP contribution is 2.27. The predicted molar refractivity (Wildman–Crippen MR) is 97.9 cm³/mol. The van der Waals surface area contributed by atoms with Crippen LogP contribution in [0, 0.1) is 5.82 Å². The number of piperidine rings is 1. The van der Waals surface area contributed by atoms with Crippen LogP contribution in [-0.2, 0) is 6.42 Å². The van der Waals surface area contributed by atoms with Crippen molar-refractivity contribution in [2.24, 2.45) is 0 Å². The number of aromatic amines is 1. The Morgan fingerprint density at radius 3 is 2.92 bits per heavy atom. The molecule has 1 unspecified atom stereocenters. The number of imidazole rings is 1. The topological polar surface area (TPSA) is 61.0 Å². The van der Waals surface area contributed by atoms with Crippen molar-refractivity contribution in [3.8, 4) is 0 Å². The Labute approximate surface area is 153 Å². The highest BCUT2D eigenvalue weighted by atomic mass is 19.1. The van der Waals surface area contributed by atoms with Crippen LogP contribution in [0.2, 0.25) is 0 Å². The second-order valence-electron chi connectivity index (χ2n) is 7.45. The number of H-pyrrole nitrogens is 1. The van der Waals surface area contributed by atoms with Crippen LogP contribution in [0.25, 0.3) is 0 Å². The van der Waals surface area contributed by atoms with Crippen LogP contribution >= 0.6 is 0 Å². The zero-order valence-electron chi connectivity index (χ0n) is 15.1. The van der Waals surface area contributed by atoms with E-state index < -0.39 is 0 Å². The summed E-state index contributed by atoms with van der Waals surface area (Å²) in [6.45, 7) is 5.28. The lowest BCUT2D eigenvalue weighted by Crippen LogP contribution is -2.34. The second-order valence-corrected chi connectivity index (χ2v) is 7.45. The fourth-order valence-electron chi connectivity index (χ4n) is 4.13. The Kier molecular flexibility index (Phi) is 4.76. The Morgan fingerprint density at radius 2 is 2.12 bits per heavy atom. The number of rotatable bonds is 2. The van der Waals surface area contributed by atoms with Crippen molar-refractivity contribution in [1.82, 2.24) is 20.2 Å². The molecule has 2 aromatic rings. The molecule has 1 aromatic heterocycles. The molecule has 1 fully saturated rings. The Bertz CT molecular complexity index is 797. The van der Waals surface area contributed by atoms with Crippen molar-refractivity contribution in [1.29, 1.82) is 0 Å². The molecule has 0 saturated carbocycles. The first-order chi connectivity index (χ1) is 12.6. The summed E-state index contributed by atoms with van der Waals surface area (Å²) >= 11 is 0. The van der Waals surface area contributed by atoms with E-state index in [0.717, 1.165) is 49.3 Å². The van der Waals surface area contributed by atoms with Crippen LogP contribution in [0.15, 0.2) is 24.4 Å². The molecule has 1 aromatic carbocycles. The lowest BCUT2D eigenvalue weighted by Gasteiger charge is -2.23. The molecule has 2 aliphatic heterocycles. The first kappa shape index (κ1) is 17.2. The minimum absolute atomic E-state index is 0.0159. The lowest BCUT2D eigenvalue weighted by atomic mass is 9.95. The van der Waals surface area contributed by atoms with E-state index in [1.54, 1.807) is 12.3 Å². The molecule has 4 rings (SSSR count). The standard InChI is InChI=1S/C20H25FN4O/c1-13-12-25(9-6-14-2-3-16(21)10-17(13)14)20(26)18-11-23-19(24-18)15-4-7-22-8-5-15/h2-3,10-11,13,15,22H,4-9,12H2,1H3,(H,23,24). The van der Waals surface area contributed by atoms with E-state index in [0.29, 0.717) is 24.7 Å². The Morgan fingerprint density at radius 1 is 1.31 bits per heavy atom. The maximum absolute atomic E-state index is 13.6. The van der Waals surface area contributed by atoms with Gasteiger partial charge in [0.1, 0.15) is 17.3 Å². The van der Waals surface area contributed by atoms with Gasteiger partial charge < -0.3 is 15.2 Å². The predicted octanol–water partition coefficient (Wildman–Crippen LogP) is 2.82. The largest absolute Gasteiger partial charge is 0.338 e. The van der Waals surface area contributed by atoms with Gasteiger partial charge in [-0.05, 0) is 61.5 Å². The van der Waals surface area contributed by atoms with Crippen molar-refractivity contribution in [2.75, 3.05) is 26.2 Å². The van der Waals surface area contributed by atoms with Crippen LogP contribution in [0.1, 0.15) is 59.0 Å². The third-order valence-electron chi connectivity index (χ3n) is 5.62.